The fourth-order valence-corrected chi connectivity index (χ4v) is 3.60. The van der Waals surface area contributed by atoms with Crippen LogP contribution in [-0.4, -0.2) is 18.5 Å². The highest BCUT2D eigenvalue weighted by Gasteiger charge is 2.59. The monoisotopic (exact) mass is 292 g/mol. The Balaban J connectivity index is 3.24. The number of benzene rings is 1. The highest BCUT2D eigenvalue weighted by atomic mass is 31.2. The first-order valence-electron chi connectivity index (χ1n) is 6.30. The van der Waals surface area contributed by atoms with Crippen molar-refractivity contribution in [1.82, 2.24) is 0 Å². The molecule has 5 nitrogen and oxygen atoms in total. The summed E-state index contributed by atoms with van der Waals surface area (Å²) in [6.45, 7) is 10.9. The Morgan fingerprint density at radius 2 is 1.85 bits per heavy atom. The Bertz CT molecular complexity index is 536. The molecule has 0 aromatic heterocycles. The van der Waals surface area contributed by atoms with Gasteiger partial charge in [-0.2, -0.15) is 5.26 Å². The number of hydrogen-bond acceptors (Lipinski definition) is 4. The molecule has 0 N–H and O–H groups in total. The third-order valence-corrected chi connectivity index (χ3v) is 5.17. The van der Waals surface area contributed by atoms with Gasteiger partial charge in [0.15, 0.2) is 6.07 Å². The predicted molar refractivity (Wildman–Crippen MR) is 76.0 cm³/mol. The van der Waals surface area contributed by atoms with Crippen LogP contribution in [0.15, 0.2) is 30.3 Å². The van der Waals surface area contributed by atoms with E-state index in [1.807, 2.05) is 12.1 Å². The van der Waals surface area contributed by atoms with Gasteiger partial charge in [-0.15, -0.1) is 0 Å². The molecule has 6 heteroatoms. The topological polar surface area (TPSA) is 63.7 Å². The summed E-state index contributed by atoms with van der Waals surface area (Å²) in [5.41, 5.74) is 0.740. The molecule has 0 radical (unpaired) electrons. The van der Waals surface area contributed by atoms with E-state index in [9.17, 15) is 9.83 Å². The molecule has 0 aliphatic rings. The van der Waals surface area contributed by atoms with Gasteiger partial charge in [0.2, 0.25) is 0 Å². The molecular weight excluding hydrogens is 275 g/mol. The highest BCUT2D eigenvalue weighted by molar-refractivity contribution is 7.56. The lowest BCUT2D eigenvalue weighted by molar-refractivity contribution is 0.208. The normalized spacial score (nSPS) is 14.0. The third kappa shape index (κ3) is 3.26. The van der Waals surface area contributed by atoms with Crippen LogP contribution >= 0.6 is 7.60 Å². The van der Waals surface area contributed by atoms with Gasteiger partial charge in [-0.1, -0.05) is 30.3 Å². The zero-order valence-electron chi connectivity index (χ0n) is 11.6. The molecule has 1 aromatic carbocycles. The lowest BCUT2D eigenvalue weighted by atomic mass is 10.1. The Hall–Kier alpha value is -1.65. The average Bonchev–Trinajstić information content (AvgIpc) is 2.46. The van der Waals surface area contributed by atoms with Crippen LogP contribution in [0.3, 0.4) is 0 Å². The molecule has 0 amide bonds. The van der Waals surface area contributed by atoms with Gasteiger partial charge >= 0.3 is 12.9 Å². The average molecular weight is 292 g/mol. The van der Waals surface area contributed by atoms with Crippen molar-refractivity contribution >= 4 is 7.60 Å². The standard InChI is InChI=1S/C14H17N2O3P/c1-4-18-20(17,19-5-2)14(12-15,16-3)11-13-9-7-6-8-10-13/h6-10H,4-5,11H2,1-2H3. The fraction of sp³-hybridized carbons (Fsp3) is 0.429. The minimum atomic E-state index is -3.84. The molecule has 0 bridgehead atoms. The van der Waals surface area contributed by atoms with Crippen LogP contribution in [0, 0.1) is 17.9 Å². The molecule has 0 aliphatic heterocycles. The van der Waals surface area contributed by atoms with E-state index >= 15 is 0 Å². The van der Waals surface area contributed by atoms with E-state index in [4.69, 9.17) is 15.6 Å². The summed E-state index contributed by atoms with van der Waals surface area (Å²) < 4.78 is 23.2. The van der Waals surface area contributed by atoms with Crippen molar-refractivity contribution in [3.8, 4) is 6.07 Å². The third-order valence-electron chi connectivity index (χ3n) is 2.71. The molecule has 1 rings (SSSR count). The lowest BCUT2D eigenvalue weighted by Crippen LogP contribution is -2.28. The van der Waals surface area contributed by atoms with Gasteiger partial charge < -0.3 is 9.05 Å². The van der Waals surface area contributed by atoms with Crippen molar-refractivity contribution in [1.29, 1.82) is 5.26 Å². The smallest absolute Gasteiger partial charge is 0.302 e. The van der Waals surface area contributed by atoms with E-state index < -0.39 is 12.9 Å². The van der Waals surface area contributed by atoms with Crippen LogP contribution in [0.25, 0.3) is 4.85 Å². The molecule has 0 aliphatic carbocycles. The highest BCUT2D eigenvalue weighted by Crippen LogP contribution is 2.61. The summed E-state index contributed by atoms with van der Waals surface area (Å²) in [6, 6.07) is 10.8. The maximum Gasteiger partial charge on any atom is 0.431 e. The van der Waals surface area contributed by atoms with Gasteiger partial charge in [0.05, 0.1) is 19.6 Å². The second-order valence-corrected chi connectivity index (χ2v) is 6.29. The minimum absolute atomic E-state index is 0.00508. The lowest BCUT2D eigenvalue weighted by Gasteiger charge is -2.23. The molecule has 1 atom stereocenters. The zero-order valence-corrected chi connectivity index (χ0v) is 12.5. The maximum absolute atomic E-state index is 12.8. The predicted octanol–water partition coefficient (Wildman–Crippen LogP) is 3.63. The summed E-state index contributed by atoms with van der Waals surface area (Å²) in [6.07, 6.45) is 0.00508. The van der Waals surface area contributed by atoms with Crippen molar-refractivity contribution < 1.29 is 13.6 Å². The largest absolute Gasteiger partial charge is 0.431 e. The van der Waals surface area contributed by atoms with E-state index in [0.29, 0.717) is 0 Å². The second kappa shape index (κ2) is 7.22. The zero-order chi connectivity index (χ0) is 15.1. The molecular formula is C14H17N2O3P. The molecule has 0 fully saturated rings. The van der Waals surface area contributed by atoms with Crippen molar-refractivity contribution in [2.24, 2.45) is 0 Å². The van der Waals surface area contributed by atoms with Crippen LogP contribution in [0.2, 0.25) is 0 Å². The molecule has 0 saturated heterocycles. The van der Waals surface area contributed by atoms with Crippen molar-refractivity contribution in [2.45, 2.75) is 25.5 Å². The molecule has 20 heavy (non-hydrogen) atoms. The number of rotatable bonds is 7. The molecule has 0 saturated carbocycles. The number of hydrogen-bond donors (Lipinski definition) is 0. The molecule has 0 heterocycles. The fourth-order valence-electron chi connectivity index (χ4n) is 1.79. The summed E-state index contributed by atoms with van der Waals surface area (Å²) in [5.74, 6) is 0. The molecule has 1 aromatic rings. The van der Waals surface area contributed by atoms with Crippen LogP contribution in [0.1, 0.15) is 19.4 Å². The van der Waals surface area contributed by atoms with Gasteiger partial charge in [-0.3, -0.25) is 4.85 Å². The first-order valence-corrected chi connectivity index (χ1v) is 7.84. The Morgan fingerprint density at radius 1 is 1.30 bits per heavy atom. The minimum Gasteiger partial charge on any atom is -0.302 e. The van der Waals surface area contributed by atoms with E-state index in [-0.39, 0.29) is 19.6 Å². The van der Waals surface area contributed by atoms with E-state index in [1.165, 1.54) is 0 Å². The summed E-state index contributed by atoms with van der Waals surface area (Å²) in [5, 5.41) is 7.58. The van der Waals surface area contributed by atoms with Gasteiger partial charge in [-0.25, -0.2) is 11.1 Å². The summed E-state index contributed by atoms with van der Waals surface area (Å²) >= 11 is 0. The summed E-state index contributed by atoms with van der Waals surface area (Å²) in [7, 11) is -3.84. The van der Waals surface area contributed by atoms with Gasteiger partial charge in [0.1, 0.15) is 0 Å². The molecule has 1 unspecified atom stereocenters. The quantitative estimate of drug-likeness (QED) is 0.568. The van der Waals surface area contributed by atoms with Crippen molar-refractivity contribution in [3.05, 3.63) is 47.3 Å². The van der Waals surface area contributed by atoms with E-state index in [2.05, 4.69) is 4.85 Å². The summed E-state index contributed by atoms with van der Waals surface area (Å²) in [4.78, 5) is 3.32. The molecule has 106 valence electrons. The number of nitriles is 1. The first-order chi connectivity index (χ1) is 9.57. The maximum atomic E-state index is 12.8. The van der Waals surface area contributed by atoms with Crippen LogP contribution in [-0.2, 0) is 20.0 Å². The van der Waals surface area contributed by atoms with Crippen LogP contribution in [0.4, 0.5) is 0 Å². The van der Waals surface area contributed by atoms with E-state index in [1.54, 1.807) is 38.1 Å². The van der Waals surface area contributed by atoms with Gasteiger partial charge in [-0.05, 0) is 19.4 Å². The van der Waals surface area contributed by atoms with Gasteiger partial charge in [0.25, 0.3) is 0 Å². The number of nitrogens with zero attached hydrogens (tertiary/aromatic N) is 2. The second-order valence-electron chi connectivity index (χ2n) is 4.04. The van der Waals surface area contributed by atoms with Gasteiger partial charge in [0, 0.05) is 0 Å². The van der Waals surface area contributed by atoms with E-state index in [0.717, 1.165) is 5.56 Å². The van der Waals surface area contributed by atoms with Crippen molar-refractivity contribution in [2.75, 3.05) is 13.2 Å². The molecule has 0 spiro atoms. The Morgan fingerprint density at radius 3 is 2.25 bits per heavy atom. The first kappa shape index (κ1) is 16.4. The van der Waals surface area contributed by atoms with Crippen molar-refractivity contribution in [3.63, 3.8) is 0 Å². The van der Waals surface area contributed by atoms with Crippen LogP contribution < -0.4 is 0 Å². The Kier molecular flexibility index (Phi) is 5.92. The SMILES string of the molecule is [C-]#[N+]C(C#N)(Cc1ccccc1)P(=O)(OCC)OCC. The van der Waals surface area contributed by atoms with Crippen LogP contribution in [0.5, 0.6) is 0 Å². The Labute approximate surface area is 119 Å².